The normalized spacial score (nSPS) is 43.0. The zero-order chi connectivity index (χ0) is 8.55. The molecule has 2 heterocycles. The summed E-state index contributed by atoms with van der Waals surface area (Å²) in [7, 11) is 2.26. The molecule has 0 bridgehead atoms. The molecule has 0 aliphatic carbocycles. The van der Waals surface area contributed by atoms with Crippen LogP contribution in [-0.2, 0) is 4.74 Å². The Morgan fingerprint density at radius 3 is 3.00 bits per heavy atom. The summed E-state index contributed by atoms with van der Waals surface area (Å²) >= 11 is 0. The van der Waals surface area contributed by atoms with Crippen molar-refractivity contribution in [2.24, 2.45) is 11.8 Å². The molecule has 70 valence electrons. The minimum Gasteiger partial charge on any atom is -0.381 e. The van der Waals surface area contributed by atoms with Gasteiger partial charge in [0.05, 0.1) is 13.2 Å². The predicted molar refractivity (Wildman–Crippen MR) is 49.1 cm³/mol. The summed E-state index contributed by atoms with van der Waals surface area (Å²) in [4.78, 5) is 2.53. The fraction of sp³-hybridized carbons (Fsp3) is 1.00. The van der Waals surface area contributed by atoms with Gasteiger partial charge in [-0.25, -0.2) is 0 Å². The van der Waals surface area contributed by atoms with E-state index in [4.69, 9.17) is 4.74 Å². The van der Waals surface area contributed by atoms with E-state index < -0.39 is 0 Å². The average Bonchev–Trinajstić information content (AvgIpc) is 2.48. The summed E-state index contributed by atoms with van der Waals surface area (Å²) in [5.74, 6) is 1.62. The van der Waals surface area contributed by atoms with Gasteiger partial charge in [0, 0.05) is 6.04 Å². The lowest BCUT2D eigenvalue weighted by molar-refractivity contribution is -0.0192. The number of fused-ring (bicyclic) bond motifs is 1. The molecule has 0 aromatic rings. The van der Waals surface area contributed by atoms with Crippen LogP contribution in [0.3, 0.4) is 0 Å². The highest BCUT2D eigenvalue weighted by Crippen LogP contribution is 2.33. The number of likely N-dealkylation sites (tertiary alicyclic amines) is 1. The molecule has 0 amide bonds. The predicted octanol–water partition coefficient (Wildman–Crippen LogP) is 1.36. The zero-order valence-electron chi connectivity index (χ0n) is 8.12. The van der Waals surface area contributed by atoms with Crippen LogP contribution in [0.2, 0.25) is 0 Å². The third-order valence-electron chi connectivity index (χ3n) is 3.52. The molecule has 2 heteroatoms. The first-order valence-corrected chi connectivity index (χ1v) is 5.11. The van der Waals surface area contributed by atoms with E-state index in [1.54, 1.807) is 0 Å². The van der Waals surface area contributed by atoms with E-state index in [0.717, 1.165) is 31.1 Å². The Bertz CT molecular complexity index is 158. The number of hydrogen-bond donors (Lipinski definition) is 0. The second-order valence-corrected chi connectivity index (χ2v) is 4.23. The maximum Gasteiger partial charge on any atom is 0.0509 e. The van der Waals surface area contributed by atoms with Crippen LogP contribution in [-0.4, -0.2) is 37.7 Å². The summed E-state index contributed by atoms with van der Waals surface area (Å²) in [5, 5.41) is 0. The summed E-state index contributed by atoms with van der Waals surface area (Å²) in [5.41, 5.74) is 0. The van der Waals surface area contributed by atoms with Crippen LogP contribution in [0.25, 0.3) is 0 Å². The maximum absolute atomic E-state index is 5.61. The van der Waals surface area contributed by atoms with Crippen LogP contribution in [0.5, 0.6) is 0 Å². The Kier molecular flexibility index (Phi) is 2.37. The number of nitrogens with zero attached hydrogens (tertiary/aromatic N) is 1. The summed E-state index contributed by atoms with van der Waals surface area (Å²) < 4.78 is 5.61. The van der Waals surface area contributed by atoms with E-state index in [9.17, 15) is 0 Å². The molecule has 2 nitrogen and oxygen atoms in total. The van der Waals surface area contributed by atoms with Gasteiger partial charge < -0.3 is 9.64 Å². The van der Waals surface area contributed by atoms with Crippen molar-refractivity contribution in [3.05, 3.63) is 0 Å². The van der Waals surface area contributed by atoms with Crippen molar-refractivity contribution >= 4 is 0 Å². The van der Waals surface area contributed by atoms with E-state index in [1.165, 1.54) is 19.4 Å². The van der Waals surface area contributed by atoms with Crippen molar-refractivity contribution < 1.29 is 4.74 Å². The maximum atomic E-state index is 5.61. The van der Waals surface area contributed by atoms with E-state index >= 15 is 0 Å². The first-order chi connectivity index (χ1) is 5.83. The van der Waals surface area contributed by atoms with Gasteiger partial charge in [-0.05, 0) is 38.3 Å². The van der Waals surface area contributed by atoms with Crippen LogP contribution in [0.1, 0.15) is 19.8 Å². The minimum atomic E-state index is 0.788. The van der Waals surface area contributed by atoms with Crippen molar-refractivity contribution in [2.45, 2.75) is 25.8 Å². The molecule has 2 aliphatic heterocycles. The number of hydrogen-bond acceptors (Lipinski definition) is 2. The monoisotopic (exact) mass is 169 g/mol. The fourth-order valence-corrected chi connectivity index (χ4v) is 2.80. The second kappa shape index (κ2) is 3.35. The molecule has 0 spiro atoms. The molecule has 2 rings (SSSR count). The zero-order valence-corrected chi connectivity index (χ0v) is 8.12. The van der Waals surface area contributed by atoms with Crippen molar-refractivity contribution in [1.82, 2.24) is 4.90 Å². The molecule has 3 atom stereocenters. The highest BCUT2D eigenvalue weighted by atomic mass is 16.5. The first-order valence-electron chi connectivity index (χ1n) is 5.11. The molecule has 2 fully saturated rings. The molecule has 0 radical (unpaired) electrons. The standard InChI is InChI=1S/C10H19NO/c1-3-8-6-12-7-9-4-5-11(2)10(8)9/h8-10H,3-7H2,1-2H3/t8-,9?,10?/m0/s1. The van der Waals surface area contributed by atoms with E-state index in [2.05, 4.69) is 18.9 Å². The van der Waals surface area contributed by atoms with Crippen LogP contribution < -0.4 is 0 Å². The second-order valence-electron chi connectivity index (χ2n) is 4.23. The van der Waals surface area contributed by atoms with Crippen LogP contribution >= 0.6 is 0 Å². The van der Waals surface area contributed by atoms with Crippen LogP contribution in [0.15, 0.2) is 0 Å². The van der Waals surface area contributed by atoms with Gasteiger partial charge in [-0.15, -0.1) is 0 Å². The molecular weight excluding hydrogens is 150 g/mol. The lowest BCUT2D eigenvalue weighted by Gasteiger charge is -2.36. The quantitative estimate of drug-likeness (QED) is 0.587. The summed E-state index contributed by atoms with van der Waals surface area (Å²) in [6, 6.07) is 0.823. The lowest BCUT2D eigenvalue weighted by Crippen LogP contribution is -2.43. The van der Waals surface area contributed by atoms with Gasteiger partial charge in [0.15, 0.2) is 0 Å². The topological polar surface area (TPSA) is 12.5 Å². The smallest absolute Gasteiger partial charge is 0.0509 e. The molecule has 0 aromatic carbocycles. The highest BCUT2D eigenvalue weighted by Gasteiger charge is 2.39. The van der Waals surface area contributed by atoms with Crippen LogP contribution in [0.4, 0.5) is 0 Å². The minimum absolute atomic E-state index is 0.788. The lowest BCUT2D eigenvalue weighted by atomic mass is 9.86. The Morgan fingerprint density at radius 2 is 2.25 bits per heavy atom. The van der Waals surface area contributed by atoms with E-state index in [0.29, 0.717) is 0 Å². The van der Waals surface area contributed by atoms with Gasteiger partial charge in [-0.3, -0.25) is 0 Å². The number of ether oxygens (including phenoxy) is 1. The Labute approximate surface area is 74.9 Å². The third kappa shape index (κ3) is 1.27. The van der Waals surface area contributed by atoms with E-state index in [-0.39, 0.29) is 0 Å². The molecule has 0 N–H and O–H groups in total. The molecule has 2 saturated heterocycles. The molecular formula is C10H19NO. The molecule has 2 aliphatic rings. The largest absolute Gasteiger partial charge is 0.381 e. The first kappa shape index (κ1) is 8.52. The Balaban J connectivity index is 2.07. The fourth-order valence-electron chi connectivity index (χ4n) is 2.80. The number of rotatable bonds is 1. The van der Waals surface area contributed by atoms with Gasteiger partial charge in [0.1, 0.15) is 0 Å². The summed E-state index contributed by atoms with van der Waals surface area (Å²) in [6.07, 6.45) is 2.61. The summed E-state index contributed by atoms with van der Waals surface area (Å²) in [6.45, 7) is 5.55. The highest BCUT2D eigenvalue weighted by molar-refractivity contribution is 4.91. The average molecular weight is 169 g/mol. The van der Waals surface area contributed by atoms with Gasteiger partial charge in [0.25, 0.3) is 0 Å². The molecule has 0 saturated carbocycles. The molecule has 0 aromatic heterocycles. The van der Waals surface area contributed by atoms with Gasteiger partial charge in [0.2, 0.25) is 0 Å². The molecule has 12 heavy (non-hydrogen) atoms. The Hall–Kier alpha value is -0.0800. The van der Waals surface area contributed by atoms with Crippen molar-refractivity contribution in [2.75, 3.05) is 26.8 Å². The van der Waals surface area contributed by atoms with Crippen molar-refractivity contribution in [1.29, 1.82) is 0 Å². The van der Waals surface area contributed by atoms with Gasteiger partial charge in [-0.2, -0.15) is 0 Å². The Morgan fingerprint density at radius 1 is 1.42 bits per heavy atom. The molecule has 2 unspecified atom stereocenters. The van der Waals surface area contributed by atoms with E-state index in [1.807, 2.05) is 0 Å². The van der Waals surface area contributed by atoms with Gasteiger partial charge >= 0.3 is 0 Å². The third-order valence-corrected chi connectivity index (χ3v) is 3.52. The van der Waals surface area contributed by atoms with Crippen molar-refractivity contribution in [3.8, 4) is 0 Å². The van der Waals surface area contributed by atoms with Gasteiger partial charge in [-0.1, -0.05) is 6.92 Å². The SMILES string of the molecule is CC[C@H]1COCC2CCN(C)C21. The van der Waals surface area contributed by atoms with Crippen molar-refractivity contribution in [3.63, 3.8) is 0 Å². The van der Waals surface area contributed by atoms with Crippen LogP contribution in [0, 0.1) is 11.8 Å².